The molecule has 0 aliphatic carbocycles. The highest BCUT2D eigenvalue weighted by molar-refractivity contribution is 7.09. The molecule has 0 radical (unpaired) electrons. The zero-order chi connectivity index (χ0) is 17.6. The van der Waals surface area contributed by atoms with Gasteiger partial charge in [-0.15, -0.1) is 11.3 Å². The number of aliphatic imine (C=N–C) groups is 1. The minimum absolute atomic E-state index is 0.112. The summed E-state index contributed by atoms with van der Waals surface area (Å²) in [4.78, 5) is 11.7. The lowest BCUT2D eigenvalue weighted by molar-refractivity contribution is 0.206. The summed E-state index contributed by atoms with van der Waals surface area (Å²) in [7, 11) is 1.84. The minimum Gasteiger partial charge on any atom is -0.354 e. The van der Waals surface area contributed by atoms with Gasteiger partial charge in [0.05, 0.1) is 12.2 Å². The molecular weight excluding hydrogens is 318 g/mol. The Labute approximate surface area is 151 Å². The van der Waals surface area contributed by atoms with Gasteiger partial charge in [-0.2, -0.15) is 0 Å². The summed E-state index contributed by atoms with van der Waals surface area (Å²) in [5, 5.41) is 10.2. The smallest absolute Gasteiger partial charge is 0.191 e. The zero-order valence-corrected chi connectivity index (χ0v) is 16.7. The quantitative estimate of drug-likeness (QED) is 0.632. The predicted molar refractivity (Wildman–Crippen MR) is 104 cm³/mol. The van der Waals surface area contributed by atoms with Crippen molar-refractivity contribution in [2.45, 2.75) is 65.0 Å². The van der Waals surface area contributed by atoms with E-state index in [2.05, 4.69) is 53.6 Å². The molecule has 1 aromatic heterocycles. The van der Waals surface area contributed by atoms with Crippen LogP contribution in [0.4, 0.5) is 0 Å². The van der Waals surface area contributed by atoms with Gasteiger partial charge in [0, 0.05) is 37.0 Å². The number of nitrogens with zero attached hydrogens (tertiary/aromatic N) is 3. The third kappa shape index (κ3) is 5.74. The Balaban J connectivity index is 1.78. The van der Waals surface area contributed by atoms with Crippen molar-refractivity contribution >= 4 is 17.3 Å². The topological polar surface area (TPSA) is 52.5 Å². The first-order valence-corrected chi connectivity index (χ1v) is 9.94. The molecule has 0 amide bonds. The zero-order valence-electron chi connectivity index (χ0n) is 15.9. The number of rotatable bonds is 5. The highest BCUT2D eigenvalue weighted by Crippen LogP contribution is 2.23. The molecule has 136 valence electrons. The van der Waals surface area contributed by atoms with Crippen LogP contribution < -0.4 is 10.6 Å². The van der Waals surface area contributed by atoms with E-state index in [1.165, 1.54) is 38.9 Å². The predicted octanol–water partition coefficient (Wildman–Crippen LogP) is 2.98. The van der Waals surface area contributed by atoms with Gasteiger partial charge in [-0.05, 0) is 25.8 Å². The van der Waals surface area contributed by atoms with Crippen molar-refractivity contribution in [2.75, 3.05) is 26.7 Å². The van der Waals surface area contributed by atoms with Crippen LogP contribution >= 0.6 is 11.3 Å². The number of aromatic nitrogens is 1. The Bertz CT molecular complexity index is 524. The Hall–Kier alpha value is -1.14. The average Bonchev–Trinajstić information content (AvgIpc) is 3.02. The fraction of sp³-hybridized carbons (Fsp3) is 0.778. The van der Waals surface area contributed by atoms with Crippen LogP contribution in [0.5, 0.6) is 0 Å². The molecule has 1 aliphatic rings. The number of piperidine rings is 1. The fourth-order valence-electron chi connectivity index (χ4n) is 2.90. The molecule has 1 fully saturated rings. The molecule has 0 atom stereocenters. The van der Waals surface area contributed by atoms with E-state index < -0.39 is 0 Å². The van der Waals surface area contributed by atoms with Gasteiger partial charge in [-0.3, -0.25) is 4.99 Å². The Morgan fingerprint density at radius 2 is 2.08 bits per heavy atom. The molecular formula is C18H33N5S. The number of thiazole rings is 1. The second-order valence-corrected chi connectivity index (χ2v) is 8.51. The lowest BCUT2D eigenvalue weighted by Gasteiger charge is -2.32. The first kappa shape index (κ1) is 19.2. The molecule has 5 nitrogen and oxygen atoms in total. The number of hydrogen-bond acceptors (Lipinski definition) is 4. The van der Waals surface area contributed by atoms with Gasteiger partial charge in [0.1, 0.15) is 5.01 Å². The minimum atomic E-state index is 0.112. The normalized spacial score (nSPS) is 18.0. The third-order valence-electron chi connectivity index (χ3n) is 4.42. The van der Waals surface area contributed by atoms with Gasteiger partial charge in [-0.25, -0.2) is 4.98 Å². The van der Waals surface area contributed by atoms with E-state index in [0.717, 1.165) is 23.2 Å². The van der Waals surface area contributed by atoms with Crippen LogP contribution in [0.15, 0.2) is 10.4 Å². The maximum Gasteiger partial charge on any atom is 0.191 e. The monoisotopic (exact) mass is 351 g/mol. The summed E-state index contributed by atoms with van der Waals surface area (Å²) in [6.07, 6.45) is 3.62. The van der Waals surface area contributed by atoms with Gasteiger partial charge >= 0.3 is 0 Å². The molecule has 24 heavy (non-hydrogen) atoms. The van der Waals surface area contributed by atoms with Crippen LogP contribution in [0, 0.1) is 0 Å². The maximum absolute atomic E-state index is 4.73. The Kier molecular flexibility index (Phi) is 7.04. The first-order valence-electron chi connectivity index (χ1n) is 9.06. The van der Waals surface area contributed by atoms with Crippen molar-refractivity contribution in [1.29, 1.82) is 0 Å². The van der Waals surface area contributed by atoms with E-state index in [1.807, 2.05) is 7.05 Å². The molecule has 6 heteroatoms. The van der Waals surface area contributed by atoms with Crippen molar-refractivity contribution in [3.05, 3.63) is 16.1 Å². The molecule has 0 bridgehead atoms. The summed E-state index contributed by atoms with van der Waals surface area (Å²) in [6.45, 7) is 13.2. The summed E-state index contributed by atoms with van der Waals surface area (Å²) in [6, 6.07) is 0.519. The molecule has 0 unspecified atom stereocenters. The molecule has 2 N–H and O–H groups in total. The van der Waals surface area contributed by atoms with Gasteiger partial charge < -0.3 is 15.5 Å². The van der Waals surface area contributed by atoms with Crippen molar-refractivity contribution in [1.82, 2.24) is 20.5 Å². The standard InChI is InChI=1S/C18H33N5S/c1-6-9-23-10-7-14(8-11-23)21-17(19-5)20-12-16-22-15(13-24-16)18(2,3)4/h13-14H,6-12H2,1-5H3,(H2,19,20,21). The molecule has 0 spiro atoms. The summed E-state index contributed by atoms with van der Waals surface area (Å²) >= 11 is 1.72. The number of nitrogens with one attached hydrogen (secondary N) is 2. The first-order chi connectivity index (χ1) is 11.4. The molecule has 1 saturated heterocycles. The summed E-state index contributed by atoms with van der Waals surface area (Å²) < 4.78 is 0. The molecule has 1 aliphatic heterocycles. The fourth-order valence-corrected chi connectivity index (χ4v) is 3.86. The highest BCUT2D eigenvalue weighted by Gasteiger charge is 2.20. The van der Waals surface area contributed by atoms with Crippen LogP contribution in [0.2, 0.25) is 0 Å². The van der Waals surface area contributed by atoms with Crippen molar-refractivity contribution in [2.24, 2.45) is 4.99 Å². The van der Waals surface area contributed by atoms with E-state index >= 15 is 0 Å². The second-order valence-electron chi connectivity index (χ2n) is 7.56. The summed E-state index contributed by atoms with van der Waals surface area (Å²) in [5.41, 5.74) is 1.27. The van der Waals surface area contributed by atoms with Crippen molar-refractivity contribution in [3.63, 3.8) is 0 Å². The van der Waals surface area contributed by atoms with Crippen LogP contribution in [0.3, 0.4) is 0 Å². The largest absolute Gasteiger partial charge is 0.354 e. The van der Waals surface area contributed by atoms with E-state index in [9.17, 15) is 0 Å². The second kappa shape index (κ2) is 8.81. The van der Waals surface area contributed by atoms with E-state index in [-0.39, 0.29) is 5.41 Å². The molecule has 2 rings (SSSR count). The van der Waals surface area contributed by atoms with E-state index in [0.29, 0.717) is 6.04 Å². The van der Waals surface area contributed by atoms with E-state index in [1.54, 1.807) is 11.3 Å². The summed E-state index contributed by atoms with van der Waals surface area (Å²) in [5.74, 6) is 0.886. The average molecular weight is 352 g/mol. The molecule has 1 aromatic rings. The Morgan fingerprint density at radius 3 is 2.62 bits per heavy atom. The lowest BCUT2D eigenvalue weighted by Crippen LogP contribution is -2.48. The van der Waals surface area contributed by atoms with Crippen LogP contribution in [-0.4, -0.2) is 48.6 Å². The molecule has 2 heterocycles. The number of hydrogen-bond donors (Lipinski definition) is 2. The number of guanidine groups is 1. The lowest BCUT2D eigenvalue weighted by atomic mass is 9.93. The highest BCUT2D eigenvalue weighted by atomic mass is 32.1. The maximum atomic E-state index is 4.73. The van der Waals surface area contributed by atoms with Gasteiger partial charge in [0.2, 0.25) is 0 Å². The van der Waals surface area contributed by atoms with Gasteiger partial charge in [0.25, 0.3) is 0 Å². The van der Waals surface area contributed by atoms with Crippen molar-refractivity contribution in [3.8, 4) is 0 Å². The van der Waals surface area contributed by atoms with Crippen LogP contribution in [0.25, 0.3) is 0 Å². The van der Waals surface area contributed by atoms with Crippen LogP contribution in [0.1, 0.15) is 57.7 Å². The van der Waals surface area contributed by atoms with Gasteiger partial charge in [-0.1, -0.05) is 27.7 Å². The third-order valence-corrected chi connectivity index (χ3v) is 5.27. The molecule has 0 saturated carbocycles. The Morgan fingerprint density at radius 1 is 1.38 bits per heavy atom. The SMILES string of the molecule is CCCN1CCC(NC(=NC)NCc2nc(C(C)(C)C)cs2)CC1. The van der Waals surface area contributed by atoms with Crippen LogP contribution in [-0.2, 0) is 12.0 Å². The van der Waals surface area contributed by atoms with Crippen molar-refractivity contribution < 1.29 is 0 Å². The van der Waals surface area contributed by atoms with Gasteiger partial charge in [0.15, 0.2) is 5.96 Å². The molecule has 0 aromatic carbocycles. The number of likely N-dealkylation sites (tertiary alicyclic amines) is 1. The van der Waals surface area contributed by atoms with E-state index in [4.69, 9.17) is 4.98 Å².